The van der Waals surface area contributed by atoms with E-state index in [-0.39, 0.29) is 23.8 Å². The number of amides is 1. The predicted octanol–water partition coefficient (Wildman–Crippen LogP) is 3.23. The smallest absolute Gasteiger partial charge is 0.267 e. The Hall–Kier alpha value is -2.56. The van der Waals surface area contributed by atoms with Gasteiger partial charge in [-0.3, -0.25) is 4.79 Å². The quantitative estimate of drug-likeness (QED) is 0.562. The summed E-state index contributed by atoms with van der Waals surface area (Å²) >= 11 is 0. The number of carbonyl (C=O) groups is 1. The molecule has 1 aliphatic carbocycles. The molecule has 11 heteroatoms. The van der Waals surface area contributed by atoms with E-state index in [0.29, 0.717) is 18.0 Å². The lowest BCUT2D eigenvalue weighted by Gasteiger charge is -2.23. The fourth-order valence-electron chi connectivity index (χ4n) is 3.61. The van der Waals surface area contributed by atoms with Crippen LogP contribution >= 0.6 is 0 Å². The number of carbonyl (C=O) groups excluding carboxylic acids is 1. The first-order valence-corrected chi connectivity index (χ1v) is 9.53. The topological polar surface area (TPSA) is 85.3 Å². The maximum atomic E-state index is 14.0. The van der Waals surface area contributed by atoms with Gasteiger partial charge in [-0.05, 0) is 30.9 Å². The van der Waals surface area contributed by atoms with Gasteiger partial charge in [-0.25, -0.2) is 22.0 Å². The third kappa shape index (κ3) is 4.30. The molecule has 2 atom stereocenters. The average Bonchev–Trinajstić information content (AvgIpc) is 3.29. The zero-order chi connectivity index (χ0) is 21.6. The molecule has 2 aromatic rings. The van der Waals surface area contributed by atoms with Crippen molar-refractivity contribution in [2.24, 2.45) is 5.73 Å². The van der Waals surface area contributed by atoms with E-state index in [9.17, 15) is 26.7 Å². The molecule has 2 aliphatic rings. The SMILES string of the molecule is NC(CC(=O)N1CC(F)(F)CC1c1nc(C2CC2)no1)Cc1cc(F)c(F)cc1F. The molecule has 30 heavy (non-hydrogen) atoms. The maximum Gasteiger partial charge on any atom is 0.267 e. The fraction of sp³-hybridized carbons (Fsp3) is 0.526. The van der Waals surface area contributed by atoms with Crippen molar-refractivity contribution in [3.63, 3.8) is 0 Å². The van der Waals surface area contributed by atoms with Crippen molar-refractivity contribution in [3.8, 4) is 0 Å². The van der Waals surface area contributed by atoms with Crippen LogP contribution in [0, 0.1) is 17.5 Å². The van der Waals surface area contributed by atoms with E-state index in [1.165, 1.54) is 0 Å². The second-order valence-electron chi connectivity index (χ2n) is 7.89. The van der Waals surface area contributed by atoms with Crippen LogP contribution in [-0.2, 0) is 11.2 Å². The van der Waals surface area contributed by atoms with Crippen LogP contribution in [0.2, 0.25) is 0 Å². The molecule has 2 N–H and O–H groups in total. The highest BCUT2D eigenvalue weighted by molar-refractivity contribution is 5.77. The second kappa shape index (κ2) is 7.60. The Balaban J connectivity index is 1.45. The molecule has 2 fully saturated rings. The molecule has 2 heterocycles. The normalized spacial score (nSPS) is 21.8. The second-order valence-corrected chi connectivity index (χ2v) is 7.89. The third-order valence-corrected chi connectivity index (χ3v) is 5.28. The highest BCUT2D eigenvalue weighted by Crippen LogP contribution is 2.43. The molecule has 2 unspecified atom stereocenters. The predicted molar refractivity (Wildman–Crippen MR) is 92.9 cm³/mol. The monoisotopic (exact) mass is 430 g/mol. The van der Waals surface area contributed by atoms with Gasteiger partial charge in [0.25, 0.3) is 5.92 Å². The molecule has 6 nitrogen and oxygen atoms in total. The van der Waals surface area contributed by atoms with E-state index in [0.717, 1.165) is 17.7 Å². The number of nitrogens with two attached hydrogens (primary N) is 1. The number of halogens is 5. The summed E-state index contributed by atoms with van der Waals surface area (Å²) in [5, 5.41) is 3.80. The molecule has 1 aliphatic heterocycles. The molecule has 0 radical (unpaired) electrons. The molecule has 1 saturated heterocycles. The Morgan fingerprint density at radius 1 is 1.23 bits per heavy atom. The van der Waals surface area contributed by atoms with Crippen LogP contribution in [0.3, 0.4) is 0 Å². The minimum Gasteiger partial charge on any atom is -0.337 e. The van der Waals surface area contributed by atoms with E-state index in [2.05, 4.69) is 10.1 Å². The lowest BCUT2D eigenvalue weighted by Crippen LogP contribution is -2.38. The first kappa shape index (κ1) is 20.7. The summed E-state index contributed by atoms with van der Waals surface area (Å²) in [6.45, 7) is -0.829. The summed E-state index contributed by atoms with van der Waals surface area (Å²) in [6, 6.07) is -1.01. The Labute approximate surface area is 168 Å². The van der Waals surface area contributed by atoms with Crippen LogP contribution in [0.15, 0.2) is 16.7 Å². The van der Waals surface area contributed by atoms with Crippen LogP contribution in [-0.4, -0.2) is 39.5 Å². The minimum atomic E-state index is -3.13. The highest BCUT2D eigenvalue weighted by atomic mass is 19.3. The number of hydrogen-bond donors (Lipinski definition) is 1. The van der Waals surface area contributed by atoms with Gasteiger partial charge >= 0.3 is 0 Å². The van der Waals surface area contributed by atoms with E-state index in [1.54, 1.807) is 0 Å². The van der Waals surface area contributed by atoms with Crippen molar-refractivity contribution in [2.75, 3.05) is 6.54 Å². The van der Waals surface area contributed by atoms with Gasteiger partial charge in [0.1, 0.15) is 11.9 Å². The molecular weight excluding hydrogens is 411 g/mol. The van der Waals surface area contributed by atoms with Crippen LogP contribution in [0.5, 0.6) is 0 Å². The van der Waals surface area contributed by atoms with Gasteiger partial charge in [0.05, 0.1) is 6.54 Å². The number of aromatic nitrogens is 2. The summed E-state index contributed by atoms with van der Waals surface area (Å²) in [5.74, 6) is -6.86. The van der Waals surface area contributed by atoms with Gasteiger partial charge in [0.2, 0.25) is 11.8 Å². The van der Waals surface area contributed by atoms with E-state index >= 15 is 0 Å². The van der Waals surface area contributed by atoms with Gasteiger partial charge in [-0.2, -0.15) is 4.98 Å². The molecule has 162 valence electrons. The summed E-state index contributed by atoms with van der Waals surface area (Å²) in [4.78, 5) is 17.8. The Morgan fingerprint density at radius 3 is 2.63 bits per heavy atom. The van der Waals surface area contributed by atoms with Gasteiger partial charge in [0, 0.05) is 30.9 Å². The standard InChI is InChI=1S/C19H19F5N4O2/c20-12-6-14(22)13(21)4-10(12)3-11(25)5-16(29)28-8-19(23,24)7-15(28)18-26-17(27-30-18)9-1-2-9/h4,6,9,11,15H,1-3,5,7-8,25H2. The van der Waals surface area contributed by atoms with Crippen molar-refractivity contribution in [1.29, 1.82) is 0 Å². The third-order valence-electron chi connectivity index (χ3n) is 5.28. The molecule has 4 rings (SSSR count). The van der Waals surface area contributed by atoms with Gasteiger partial charge < -0.3 is 15.2 Å². The Kier molecular flexibility index (Phi) is 5.25. The van der Waals surface area contributed by atoms with Crippen LogP contribution in [0.4, 0.5) is 22.0 Å². The Bertz CT molecular complexity index is 962. The van der Waals surface area contributed by atoms with Gasteiger partial charge in [-0.1, -0.05) is 5.16 Å². The zero-order valence-corrected chi connectivity index (χ0v) is 15.8. The van der Waals surface area contributed by atoms with Crippen molar-refractivity contribution in [3.05, 3.63) is 46.9 Å². The first-order chi connectivity index (χ1) is 14.1. The summed E-state index contributed by atoms with van der Waals surface area (Å²) in [6.07, 6.45) is 0.485. The van der Waals surface area contributed by atoms with Crippen molar-refractivity contribution in [1.82, 2.24) is 15.0 Å². The van der Waals surface area contributed by atoms with Crippen molar-refractivity contribution < 1.29 is 31.3 Å². The van der Waals surface area contributed by atoms with Crippen molar-refractivity contribution >= 4 is 5.91 Å². The average molecular weight is 430 g/mol. The summed E-state index contributed by atoms with van der Waals surface area (Å²) < 4.78 is 73.4. The molecule has 1 amide bonds. The number of benzene rings is 1. The lowest BCUT2D eigenvalue weighted by molar-refractivity contribution is -0.134. The lowest BCUT2D eigenvalue weighted by atomic mass is 10.0. The summed E-state index contributed by atoms with van der Waals surface area (Å²) in [5.41, 5.74) is 5.66. The molecular formula is C19H19F5N4O2. The summed E-state index contributed by atoms with van der Waals surface area (Å²) in [7, 11) is 0. The van der Waals surface area contributed by atoms with Crippen LogP contribution < -0.4 is 5.73 Å². The molecule has 0 bridgehead atoms. The maximum absolute atomic E-state index is 14.0. The van der Waals surface area contributed by atoms with Crippen LogP contribution in [0.1, 0.15) is 54.9 Å². The molecule has 1 aromatic heterocycles. The fourth-order valence-corrected chi connectivity index (χ4v) is 3.61. The molecule has 0 spiro atoms. The highest BCUT2D eigenvalue weighted by Gasteiger charge is 2.50. The van der Waals surface area contributed by atoms with E-state index in [1.807, 2.05) is 0 Å². The van der Waals surface area contributed by atoms with Gasteiger partial charge in [0.15, 0.2) is 17.5 Å². The van der Waals surface area contributed by atoms with E-state index in [4.69, 9.17) is 10.3 Å². The Morgan fingerprint density at radius 2 is 1.93 bits per heavy atom. The van der Waals surface area contributed by atoms with Crippen LogP contribution in [0.25, 0.3) is 0 Å². The first-order valence-electron chi connectivity index (χ1n) is 9.53. The van der Waals surface area contributed by atoms with Crippen molar-refractivity contribution in [2.45, 2.75) is 56.0 Å². The minimum absolute atomic E-state index is 0.0531. The largest absolute Gasteiger partial charge is 0.337 e. The number of alkyl halides is 2. The number of likely N-dealkylation sites (tertiary alicyclic amines) is 1. The van der Waals surface area contributed by atoms with E-state index < -0.39 is 60.8 Å². The molecule has 1 saturated carbocycles. The number of nitrogens with zero attached hydrogens (tertiary/aromatic N) is 3. The zero-order valence-electron chi connectivity index (χ0n) is 15.8. The molecule has 1 aromatic carbocycles. The number of rotatable bonds is 6. The number of hydrogen-bond acceptors (Lipinski definition) is 5. The van der Waals surface area contributed by atoms with Gasteiger partial charge in [-0.15, -0.1) is 0 Å².